The quantitative estimate of drug-likeness (QED) is 0.467. The molecule has 1 aliphatic rings. The number of hydrogen-bond donors (Lipinski definition) is 1. The lowest BCUT2D eigenvalue weighted by atomic mass is 10.1. The molecular formula is C18H23N3O3. The van der Waals surface area contributed by atoms with Crippen LogP contribution in [0.15, 0.2) is 29.8 Å². The van der Waals surface area contributed by atoms with Crippen LogP contribution in [-0.2, 0) is 14.3 Å². The zero-order chi connectivity index (χ0) is 17.2. The van der Waals surface area contributed by atoms with E-state index in [0.29, 0.717) is 19.8 Å². The van der Waals surface area contributed by atoms with Gasteiger partial charge in [0.2, 0.25) is 0 Å². The molecule has 0 bridgehead atoms. The van der Waals surface area contributed by atoms with E-state index < -0.39 is 0 Å². The molecule has 1 heterocycles. The number of carbonyl (C=O) groups is 1. The number of rotatable bonds is 7. The van der Waals surface area contributed by atoms with Gasteiger partial charge in [0.15, 0.2) is 0 Å². The van der Waals surface area contributed by atoms with Gasteiger partial charge in [0.1, 0.15) is 11.6 Å². The molecule has 1 fully saturated rings. The molecule has 0 radical (unpaired) electrons. The topological polar surface area (TPSA) is 74.6 Å². The van der Waals surface area contributed by atoms with E-state index in [9.17, 15) is 10.1 Å². The summed E-state index contributed by atoms with van der Waals surface area (Å²) in [4.78, 5) is 14.2. The van der Waals surface area contributed by atoms with E-state index in [1.54, 1.807) is 6.08 Å². The average molecular weight is 329 g/mol. The van der Waals surface area contributed by atoms with Crippen molar-refractivity contribution in [2.24, 2.45) is 0 Å². The summed E-state index contributed by atoms with van der Waals surface area (Å²) >= 11 is 0. The molecule has 0 unspecified atom stereocenters. The van der Waals surface area contributed by atoms with Crippen molar-refractivity contribution >= 4 is 17.7 Å². The minimum atomic E-state index is -0.380. The largest absolute Gasteiger partial charge is 0.380 e. The van der Waals surface area contributed by atoms with Crippen molar-refractivity contribution in [2.75, 3.05) is 51.0 Å². The molecule has 6 nitrogen and oxygen atoms in total. The van der Waals surface area contributed by atoms with E-state index >= 15 is 0 Å². The normalized spacial score (nSPS) is 15.0. The van der Waals surface area contributed by atoms with Crippen molar-refractivity contribution in [2.45, 2.75) is 6.92 Å². The van der Waals surface area contributed by atoms with Crippen LogP contribution in [0.5, 0.6) is 0 Å². The number of ether oxygens (including phenoxy) is 2. The van der Waals surface area contributed by atoms with Crippen LogP contribution < -0.4 is 10.2 Å². The third kappa shape index (κ3) is 5.37. The number of nitrogens with one attached hydrogen (secondary N) is 1. The maximum absolute atomic E-state index is 12.0. The lowest BCUT2D eigenvalue weighted by Gasteiger charge is -2.28. The second kappa shape index (κ2) is 9.71. The number of morpholine rings is 1. The molecule has 1 aromatic carbocycles. The van der Waals surface area contributed by atoms with Crippen LogP contribution in [0.2, 0.25) is 0 Å². The Kier molecular flexibility index (Phi) is 7.27. The van der Waals surface area contributed by atoms with Gasteiger partial charge in [0.05, 0.1) is 19.8 Å². The number of hydrogen-bond acceptors (Lipinski definition) is 5. The molecule has 6 heteroatoms. The molecule has 2 rings (SSSR count). The van der Waals surface area contributed by atoms with Crippen LogP contribution in [-0.4, -0.2) is 52.0 Å². The monoisotopic (exact) mass is 329 g/mol. The summed E-state index contributed by atoms with van der Waals surface area (Å²) < 4.78 is 10.5. The Morgan fingerprint density at radius 2 is 2.08 bits per heavy atom. The molecule has 1 N–H and O–H groups in total. The fourth-order valence-corrected chi connectivity index (χ4v) is 2.39. The van der Waals surface area contributed by atoms with Gasteiger partial charge in [0.25, 0.3) is 5.91 Å². The van der Waals surface area contributed by atoms with Crippen molar-refractivity contribution in [1.29, 1.82) is 5.26 Å². The van der Waals surface area contributed by atoms with Gasteiger partial charge in [-0.25, -0.2) is 0 Å². The average Bonchev–Trinajstić information content (AvgIpc) is 2.64. The smallest absolute Gasteiger partial charge is 0.262 e. The molecule has 1 saturated heterocycles. The van der Waals surface area contributed by atoms with Crippen molar-refractivity contribution in [3.05, 3.63) is 35.4 Å². The molecule has 1 amide bonds. The van der Waals surface area contributed by atoms with Gasteiger partial charge < -0.3 is 19.7 Å². The number of benzene rings is 1. The molecule has 1 aliphatic heterocycles. The highest BCUT2D eigenvalue weighted by Gasteiger charge is 2.11. The van der Waals surface area contributed by atoms with Crippen LogP contribution in [0, 0.1) is 11.3 Å². The highest BCUT2D eigenvalue weighted by atomic mass is 16.5. The van der Waals surface area contributed by atoms with Crippen molar-refractivity contribution in [1.82, 2.24) is 5.32 Å². The van der Waals surface area contributed by atoms with Gasteiger partial charge in [0, 0.05) is 31.9 Å². The van der Waals surface area contributed by atoms with E-state index in [4.69, 9.17) is 9.47 Å². The number of anilines is 1. The Morgan fingerprint density at radius 3 is 2.71 bits per heavy atom. The minimum absolute atomic E-state index is 0.0885. The van der Waals surface area contributed by atoms with Crippen molar-refractivity contribution in [3.8, 4) is 6.07 Å². The van der Waals surface area contributed by atoms with Crippen LogP contribution in [0.1, 0.15) is 12.5 Å². The number of nitrogens with zero attached hydrogens (tertiary/aromatic N) is 2. The third-order valence-electron chi connectivity index (χ3n) is 3.68. The lowest BCUT2D eigenvalue weighted by Crippen LogP contribution is -2.36. The number of nitriles is 1. The molecule has 0 atom stereocenters. The molecule has 0 aromatic heterocycles. The maximum Gasteiger partial charge on any atom is 0.262 e. The lowest BCUT2D eigenvalue weighted by molar-refractivity contribution is -0.117. The van der Waals surface area contributed by atoms with Crippen LogP contribution in [0.4, 0.5) is 5.69 Å². The molecular weight excluding hydrogens is 306 g/mol. The second-order valence-corrected chi connectivity index (χ2v) is 5.31. The zero-order valence-electron chi connectivity index (χ0n) is 14.0. The Hall–Kier alpha value is -2.36. The summed E-state index contributed by atoms with van der Waals surface area (Å²) in [6.07, 6.45) is 1.60. The predicted octanol–water partition coefficient (Wildman–Crippen LogP) is 1.58. The highest BCUT2D eigenvalue weighted by Crippen LogP contribution is 2.18. The van der Waals surface area contributed by atoms with Gasteiger partial charge in [-0.2, -0.15) is 5.26 Å². The number of carbonyl (C=O) groups excluding carboxylic acids is 1. The van der Waals surface area contributed by atoms with Gasteiger partial charge in [-0.1, -0.05) is 12.1 Å². The van der Waals surface area contributed by atoms with E-state index in [-0.39, 0.29) is 11.5 Å². The summed E-state index contributed by atoms with van der Waals surface area (Å²) in [7, 11) is 0. The Morgan fingerprint density at radius 1 is 1.38 bits per heavy atom. The first kappa shape index (κ1) is 18.0. The first-order valence-corrected chi connectivity index (χ1v) is 8.15. The molecule has 24 heavy (non-hydrogen) atoms. The van der Waals surface area contributed by atoms with Crippen molar-refractivity contribution < 1.29 is 14.3 Å². The van der Waals surface area contributed by atoms with E-state index in [2.05, 4.69) is 10.2 Å². The molecule has 0 spiro atoms. The molecule has 0 aliphatic carbocycles. The number of amides is 1. The van der Waals surface area contributed by atoms with Crippen LogP contribution >= 0.6 is 0 Å². The minimum Gasteiger partial charge on any atom is -0.380 e. The van der Waals surface area contributed by atoms with Gasteiger partial charge in [-0.15, -0.1) is 0 Å². The van der Waals surface area contributed by atoms with E-state index in [1.165, 1.54) is 0 Å². The molecule has 0 saturated carbocycles. The van der Waals surface area contributed by atoms with Gasteiger partial charge >= 0.3 is 0 Å². The third-order valence-corrected chi connectivity index (χ3v) is 3.68. The zero-order valence-corrected chi connectivity index (χ0v) is 14.0. The van der Waals surface area contributed by atoms with Crippen molar-refractivity contribution in [3.63, 3.8) is 0 Å². The Bertz CT molecular complexity index is 599. The SMILES string of the molecule is CCOCCNC(=O)/C(C#N)=C/c1ccc(N2CCOCC2)cc1. The first-order chi connectivity index (χ1) is 11.7. The fourth-order valence-electron chi connectivity index (χ4n) is 2.39. The van der Waals surface area contributed by atoms with Crippen LogP contribution in [0.25, 0.3) is 6.08 Å². The highest BCUT2D eigenvalue weighted by molar-refractivity contribution is 6.01. The first-order valence-electron chi connectivity index (χ1n) is 8.15. The maximum atomic E-state index is 12.0. The van der Waals surface area contributed by atoms with E-state index in [0.717, 1.165) is 37.6 Å². The Labute approximate surface area is 142 Å². The Balaban J connectivity index is 1.97. The molecule has 128 valence electrons. The summed E-state index contributed by atoms with van der Waals surface area (Å²) in [6.45, 7) is 6.55. The standard InChI is InChI=1S/C18H23N3O3/c1-2-23-10-7-20-18(22)16(14-19)13-15-3-5-17(6-4-15)21-8-11-24-12-9-21/h3-6,13H,2,7-12H2,1H3,(H,20,22)/b16-13+. The van der Waals surface area contributed by atoms with Gasteiger partial charge in [-0.3, -0.25) is 4.79 Å². The molecule has 1 aromatic rings. The summed E-state index contributed by atoms with van der Waals surface area (Å²) in [5, 5.41) is 11.9. The summed E-state index contributed by atoms with van der Waals surface area (Å²) in [5.74, 6) is -0.380. The predicted molar refractivity (Wildman–Crippen MR) is 92.6 cm³/mol. The van der Waals surface area contributed by atoms with E-state index in [1.807, 2.05) is 37.3 Å². The summed E-state index contributed by atoms with van der Waals surface area (Å²) in [5.41, 5.74) is 2.03. The summed E-state index contributed by atoms with van der Waals surface area (Å²) in [6, 6.07) is 9.77. The fraction of sp³-hybridized carbons (Fsp3) is 0.444. The second-order valence-electron chi connectivity index (χ2n) is 5.31. The van der Waals surface area contributed by atoms with Crippen LogP contribution in [0.3, 0.4) is 0 Å². The van der Waals surface area contributed by atoms with Gasteiger partial charge in [-0.05, 0) is 30.7 Å².